The van der Waals surface area contributed by atoms with E-state index in [0.29, 0.717) is 0 Å². The Morgan fingerprint density at radius 3 is 2.73 bits per heavy atom. The highest BCUT2D eigenvalue weighted by atomic mass is 16.1. The second-order valence-corrected chi connectivity index (χ2v) is 3.42. The van der Waals surface area contributed by atoms with E-state index in [0.717, 1.165) is 18.9 Å². The Morgan fingerprint density at radius 1 is 1.45 bits per heavy atom. The number of nitrogens with one attached hydrogen (secondary N) is 1. The summed E-state index contributed by atoms with van der Waals surface area (Å²) in [5.41, 5.74) is 0. The van der Waals surface area contributed by atoms with Gasteiger partial charge in [-0.3, -0.25) is 4.79 Å². The van der Waals surface area contributed by atoms with E-state index in [1.165, 1.54) is 25.7 Å². The summed E-state index contributed by atoms with van der Waals surface area (Å²) in [7, 11) is 0. The van der Waals surface area contributed by atoms with Gasteiger partial charge in [0.15, 0.2) is 0 Å². The first-order valence-corrected chi connectivity index (χ1v) is 4.53. The van der Waals surface area contributed by atoms with Crippen LogP contribution in [0, 0.1) is 5.92 Å². The van der Waals surface area contributed by atoms with Crippen LogP contribution in [0.25, 0.3) is 0 Å². The van der Waals surface area contributed by atoms with Crippen molar-refractivity contribution >= 4 is 5.91 Å². The summed E-state index contributed by atoms with van der Waals surface area (Å²) in [5.74, 6) is 1.13. The first kappa shape index (κ1) is 8.57. The predicted octanol–water partition coefficient (Wildman–Crippen LogP) is 1.70. The molecule has 1 rings (SSSR count). The van der Waals surface area contributed by atoms with E-state index in [9.17, 15) is 4.79 Å². The van der Waals surface area contributed by atoms with Crippen molar-refractivity contribution in [2.45, 2.75) is 39.0 Å². The third kappa shape index (κ3) is 4.82. The topological polar surface area (TPSA) is 29.1 Å². The highest BCUT2D eigenvalue weighted by Gasteiger charge is 2.19. The Bertz CT molecular complexity index is 130. The van der Waals surface area contributed by atoms with Crippen LogP contribution in [0.4, 0.5) is 0 Å². The average molecular weight is 155 g/mol. The number of carbonyl (C=O) groups excluding carboxylic acids is 1. The zero-order valence-electron chi connectivity index (χ0n) is 7.23. The Hall–Kier alpha value is -0.530. The molecule has 0 atom stereocenters. The molecule has 1 amide bonds. The van der Waals surface area contributed by atoms with Gasteiger partial charge in [0.05, 0.1) is 0 Å². The van der Waals surface area contributed by atoms with E-state index < -0.39 is 0 Å². The molecule has 1 N–H and O–H groups in total. The van der Waals surface area contributed by atoms with Gasteiger partial charge in [0.25, 0.3) is 0 Å². The van der Waals surface area contributed by atoms with Gasteiger partial charge in [-0.05, 0) is 12.3 Å². The Labute approximate surface area is 68.4 Å². The lowest BCUT2D eigenvalue weighted by molar-refractivity contribution is -0.118. The summed E-state index contributed by atoms with van der Waals surface area (Å²) < 4.78 is 0. The number of hydrogen-bond donors (Lipinski definition) is 1. The van der Waals surface area contributed by atoms with Crippen LogP contribution in [0.2, 0.25) is 0 Å². The zero-order valence-corrected chi connectivity index (χ0v) is 7.23. The van der Waals surface area contributed by atoms with Crippen LogP contribution >= 0.6 is 0 Å². The quantitative estimate of drug-likeness (QED) is 0.601. The lowest BCUT2D eigenvalue weighted by Crippen LogP contribution is -2.20. The van der Waals surface area contributed by atoms with Gasteiger partial charge >= 0.3 is 0 Å². The number of rotatable bonds is 5. The SMILES string of the molecule is CC(=O)NCCCCC1CC1. The van der Waals surface area contributed by atoms with E-state index in [4.69, 9.17) is 0 Å². The summed E-state index contributed by atoms with van der Waals surface area (Å²) in [6, 6.07) is 0. The van der Waals surface area contributed by atoms with Crippen molar-refractivity contribution in [2.75, 3.05) is 6.54 Å². The van der Waals surface area contributed by atoms with Gasteiger partial charge in [-0.15, -0.1) is 0 Å². The number of unbranched alkanes of at least 4 members (excludes halogenated alkanes) is 1. The smallest absolute Gasteiger partial charge is 0.216 e. The lowest BCUT2D eigenvalue weighted by atomic mass is 10.2. The summed E-state index contributed by atoms with van der Waals surface area (Å²) in [6.45, 7) is 2.43. The van der Waals surface area contributed by atoms with Crippen LogP contribution in [-0.4, -0.2) is 12.5 Å². The summed E-state index contributed by atoms with van der Waals surface area (Å²) in [5, 5.41) is 2.80. The molecule has 1 aliphatic carbocycles. The molecule has 64 valence electrons. The zero-order chi connectivity index (χ0) is 8.10. The van der Waals surface area contributed by atoms with Gasteiger partial charge in [0.2, 0.25) is 5.91 Å². The van der Waals surface area contributed by atoms with E-state index >= 15 is 0 Å². The predicted molar refractivity (Wildman–Crippen MR) is 45.3 cm³/mol. The van der Waals surface area contributed by atoms with Crippen molar-refractivity contribution in [2.24, 2.45) is 5.92 Å². The van der Waals surface area contributed by atoms with Crippen molar-refractivity contribution in [1.29, 1.82) is 0 Å². The molecule has 0 aromatic carbocycles. The van der Waals surface area contributed by atoms with Gasteiger partial charge in [-0.2, -0.15) is 0 Å². The Balaban J connectivity index is 1.76. The van der Waals surface area contributed by atoms with Crippen molar-refractivity contribution in [3.05, 3.63) is 0 Å². The van der Waals surface area contributed by atoms with Gasteiger partial charge < -0.3 is 5.32 Å². The molecule has 0 heterocycles. The molecule has 1 saturated carbocycles. The summed E-state index contributed by atoms with van der Waals surface area (Å²) in [6.07, 6.45) is 6.70. The van der Waals surface area contributed by atoms with E-state index in [2.05, 4.69) is 5.32 Å². The first-order valence-electron chi connectivity index (χ1n) is 4.53. The molecule has 0 saturated heterocycles. The van der Waals surface area contributed by atoms with Crippen molar-refractivity contribution in [3.8, 4) is 0 Å². The molecule has 0 aromatic heterocycles. The molecule has 0 unspecified atom stereocenters. The van der Waals surface area contributed by atoms with Crippen LogP contribution in [0.3, 0.4) is 0 Å². The third-order valence-electron chi connectivity index (χ3n) is 2.11. The van der Waals surface area contributed by atoms with Crippen LogP contribution in [0.1, 0.15) is 39.0 Å². The highest BCUT2D eigenvalue weighted by Crippen LogP contribution is 2.33. The summed E-state index contributed by atoms with van der Waals surface area (Å²) >= 11 is 0. The van der Waals surface area contributed by atoms with Gasteiger partial charge in [0.1, 0.15) is 0 Å². The Kier molecular flexibility index (Phi) is 3.40. The molecule has 0 spiro atoms. The monoisotopic (exact) mass is 155 g/mol. The van der Waals surface area contributed by atoms with Crippen LogP contribution in [0.15, 0.2) is 0 Å². The molecule has 0 radical (unpaired) electrons. The largest absolute Gasteiger partial charge is 0.356 e. The Morgan fingerprint density at radius 2 is 2.18 bits per heavy atom. The average Bonchev–Trinajstić information content (AvgIpc) is 2.70. The molecule has 2 nitrogen and oxygen atoms in total. The number of amides is 1. The standard InChI is InChI=1S/C9H17NO/c1-8(11)10-7-3-2-4-9-5-6-9/h9H,2-7H2,1H3,(H,10,11). The van der Waals surface area contributed by atoms with Crippen molar-refractivity contribution < 1.29 is 4.79 Å². The number of hydrogen-bond acceptors (Lipinski definition) is 1. The van der Waals surface area contributed by atoms with Crippen LogP contribution in [0.5, 0.6) is 0 Å². The van der Waals surface area contributed by atoms with E-state index in [1.54, 1.807) is 6.92 Å². The fraction of sp³-hybridized carbons (Fsp3) is 0.889. The van der Waals surface area contributed by atoms with Gasteiger partial charge in [-0.25, -0.2) is 0 Å². The minimum atomic E-state index is 0.0939. The molecule has 0 aliphatic heterocycles. The van der Waals surface area contributed by atoms with Crippen molar-refractivity contribution in [3.63, 3.8) is 0 Å². The van der Waals surface area contributed by atoms with E-state index in [1.807, 2.05) is 0 Å². The minimum Gasteiger partial charge on any atom is -0.356 e. The molecular formula is C9H17NO. The number of carbonyl (C=O) groups is 1. The highest BCUT2D eigenvalue weighted by molar-refractivity contribution is 5.72. The van der Waals surface area contributed by atoms with Crippen molar-refractivity contribution in [1.82, 2.24) is 5.32 Å². The van der Waals surface area contributed by atoms with Crippen LogP contribution < -0.4 is 5.32 Å². The molecule has 11 heavy (non-hydrogen) atoms. The third-order valence-corrected chi connectivity index (χ3v) is 2.11. The molecule has 1 fully saturated rings. The molecular weight excluding hydrogens is 138 g/mol. The summed E-state index contributed by atoms with van der Waals surface area (Å²) in [4.78, 5) is 10.4. The normalized spacial score (nSPS) is 16.5. The fourth-order valence-corrected chi connectivity index (χ4v) is 1.23. The first-order chi connectivity index (χ1) is 5.29. The molecule has 1 aliphatic rings. The minimum absolute atomic E-state index is 0.0939. The molecule has 0 aromatic rings. The maximum absolute atomic E-state index is 10.4. The molecule has 2 heteroatoms. The second kappa shape index (κ2) is 4.37. The van der Waals surface area contributed by atoms with Gasteiger partial charge in [0, 0.05) is 13.5 Å². The molecule has 0 bridgehead atoms. The van der Waals surface area contributed by atoms with Crippen LogP contribution in [-0.2, 0) is 4.79 Å². The van der Waals surface area contributed by atoms with E-state index in [-0.39, 0.29) is 5.91 Å². The van der Waals surface area contributed by atoms with Gasteiger partial charge in [-0.1, -0.05) is 25.7 Å². The maximum atomic E-state index is 10.4. The maximum Gasteiger partial charge on any atom is 0.216 e. The fourth-order valence-electron chi connectivity index (χ4n) is 1.23. The lowest BCUT2D eigenvalue weighted by Gasteiger charge is -2.00. The second-order valence-electron chi connectivity index (χ2n) is 3.42.